The van der Waals surface area contributed by atoms with E-state index in [-0.39, 0.29) is 5.56 Å². The predicted molar refractivity (Wildman–Crippen MR) is 77.7 cm³/mol. The fourth-order valence-electron chi connectivity index (χ4n) is 1.96. The van der Waals surface area contributed by atoms with E-state index in [9.17, 15) is 4.79 Å². The van der Waals surface area contributed by atoms with Gasteiger partial charge in [0.25, 0.3) is 5.56 Å². The summed E-state index contributed by atoms with van der Waals surface area (Å²) in [6.45, 7) is 6.01. The lowest BCUT2D eigenvalue weighted by molar-refractivity contribution is 0.185. The largest absolute Gasteiger partial charge is 0.381 e. The molecule has 6 heteroatoms. The zero-order valence-corrected chi connectivity index (χ0v) is 12.6. The molecular weight excluding hydrogens is 345 g/mol. The van der Waals surface area contributed by atoms with Crippen LogP contribution in [0, 0.1) is 16.4 Å². The van der Waals surface area contributed by atoms with E-state index < -0.39 is 0 Å². The molecule has 5 nitrogen and oxygen atoms in total. The number of hydrogen-bond acceptors (Lipinski definition) is 4. The number of ether oxygens (including phenoxy) is 1. The lowest BCUT2D eigenvalue weighted by Crippen LogP contribution is -2.31. The average Bonchev–Trinajstić information content (AvgIpc) is 2.87. The molecule has 1 N–H and O–H groups in total. The minimum atomic E-state index is 0.0501. The molecule has 0 saturated carbocycles. The van der Waals surface area contributed by atoms with Gasteiger partial charge in [-0.25, -0.2) is 4.98 Å². The maximum atomic E-state index is 11.9. The average molecular weight is 363 g/mol. The highest BCUT2D eigenvalue weighted by molar-refractivity contribution is 14.1. The van der Waals surface area contributed by atoms with E-state index in [1.807, 2.05) is 6.92 Å². The summed E-state index contributed by atoms with van der Waals surface area (Å²) < 4.78 is 7.68. The number of nitrogens with one attached hydrogen (secondary N) is 1. The van der Waals surface area contributed by atoms with Crippen LogP contribution < -0.4 is 10.9 Å². The van der Waals surface area contributed by atoms with Gasteiger partial charge in [0, 0.05) is 26.2 Å². The molecule has 18 heavy (non-hydrogen) atoms. The summed E-state index contributed by atoms with van der Waals surface area (Å²) in [5.74, 6) is 0.623. The number of aryl methyl sites for hydroxylation is 1. The molecule has 0 aromatic carbocycles. The molecule has 1 unspecified atom stereocenters. The van der Waals surface area contributed by atoms with Crippen molar-refractivity contribution in [3.05, 3.63) is 25.9 Å². The van der Waals surface area contributed by atoms with Crippen LogP contribution in [0.15, 0.2) is 11.1 Å². The molecule has 0 bridgehead atoms. The third kappa shape index (κ3) is 3.52. The number of aromatic nitrogens is 2. The molecule has 1 aromatic rings. The van der Waals surface area contributed by atoms with Crippen LogP contribution >= 0.6 is 22.6 Å². The van der Waals surface area contributed by atoms with Crippen molar-refractivity contribution in [1.82, 2.24) is 14.9 Å². The van der Waals surface area contributed by atoms with Crippen LogP contribution in [-0.2, 0) is 11.3 Å². The van der Waals surface area contributed by atoms with Gasteiger partial charge in [-0.05, 0) is 41.9 Å². The molecule has 1 saturated heterocycles. The molecule has 1 aliphatic rings. The van der Waals surface area contributed by atoms with Crippen LogP contribution in [0.5, 0.6) is 0 Å². The highest BCUT2D eigenvalue weighted by atomic mass is 127. The topological polar surface area (TPSA) is 56.1 Å². The van der Waals surface area contributed by atoms with Crippen LogP contribution in [0.3, 0.4) is 0 Å². The summed E-state index contributed by atoms with van der Waals surface area (Å²) in [6.07, 6.45) is 2.76. The maximum absolute atomic E-state index is 11.9. The summed E-state index contributed by atoms with van der Waals surface area (Å²) in [6, 6.07) is 0. The Hall–Kier alpha value is -0.470. The van der Waals surface area contributed by atoms with Crippen LogP contribution in [0.2, 0.25) is 0 Å². The lowest BCUT2D eigenvalue weighted by Gasteiger charge is -2.10. The zero-order chi connectivity index (χ0) is 13.0. The standard InChI is InChI=1S/C12H18IN3O2/c1-9-11(13)12(17)16(8-15-9)4-3-14-6-10-2-5-18-7-10/h8,10,14H,2-7H2,1H3. The Morgan fingerprint density at radius 3 is 3.22 bits per heavy atom. The summed E-state index contributed by atoms with van der Waals surface area (Å²) in [4.78, 5) is 16.1. The zero-order valence-electron chi connectivity index (χ0n) is 10.5. The van der Waals surface area contributed by atoms with Crippen LogP contribution in [0.25, 0.3) is 0 Å². The first-order valence-electron chi connectivity index (χ1n) is 6.18. The summed E-state index contributed by atoms with van der Waals surface area (Å²) in [5, 5.41) is 3.37. The third-order valence-electron chi connectivity index (χ3n) is 3.14. The van der Waals surface area contributed by atoms with Crippen LogP contribution in [-0.4, -0.2) is 35.9 Å². The van der Waals surface area contributed by atoms with E-state index in [1.165, 1.54) is 0 Å². The summed E-state index contributed by atoms with van der Waals surface area (Å²) in [7, 11) is 0. The molecule has 1 atom stereocenters. The molecule has 1 aliphatic heterocycles. The highest BCUT2D eigenvalue weighted by Gasteiger charge is 2.14. The first kappa shape index (κ1) is 14.0. The fourth-order valence-corrected chi connectivity index (χ4v) is 2.40. The smallest absolute Gasteiger partial charge is 0.267 e. The second kappa shape index (κ2) is 6.63. The Morgan fingerprint density at radius 2 is 2.50 bits per heavy atom. The molecule has 0 amide bonds. The Labute approximate surface area is 120 Å². The Morgan fingerprint density at radius 1 is 1.67 bits per heavy atom. The molecule has 1 aromatic heterocycles. The molecule has 0 radical (unpaired) electrons. The van der Waals surface area contributed by atoms with Gasteiger partial charge in [-0.3, -0.25) is 9.36 Å². The van der Waals surface area contributed by atoms with Crippen molar-refractivity contribution in [3.63, 3.8) is 0 Å². The van der Waals surface area contributed by atoms with Gasteiger partial charge in [-0.1, -0.05) is 0 Å². The molecular formula is C12H18IN3O2. The van der Waals surface area contributed by atoms with E-state index in [0.717, 1.165) is 38.4 Å². The fraction of sp³-hybridized carbons (Fsp3) is 0.667. The van der Waals surface area contributed by atoms with Crippen molar-refractivity contribution >= 4 is 22.6 Å². The van der Waals surface area contributed by atoms with Crippen LogP contribution in [0.1, 0.15) is 12.1 Å². The Balaban J connectivity index is 1.79. The van der Waals surface area contributed by atoms with E-state index >= 15 is 0 Å². The quantitative estimate of drug-likeness (QED) is 0.621. The van der Waals surface area contributed by atoms with E-state index in [0.29, 0.717) is 16.0 Å². The number of rotatable bonds is 5. The number of hydrogen-bond donors (Lipinski definition) is 1. The molecule has 100 valence electrons. The van der Waals surface area contributed by atoms with Crippen molar-refractivity contribution < 1.29 is 4.74 Å². The van der Waals surface area contributed by atoms with Crippen molar-refractivity contribution in [2.45, 2.75) is 19.9 Å². The predicted octanol–water partition coefficient (Wildman–Crippen LogP) is 0.782. The van der Waals surface area contributed by atoms with E-state index in [1.54, 1.807) is 10.9 Å². The Kier molecular flexibility index (Phi) is 5.13. The monoisotopic (exact) mass is 363 g/mol. The van der Waals surface area contributed by atoms with Crippen molar-refractivity contribution in [3.8, 4) is 0 Å². The minimum absolute atomic E-state index is 0.0501. The van der Waals surface area contributed by atoms with Crippen molar-refractivity contribution in [2.75, 3.05) is 26.3 Å². The minimum Gasteiger partial charge on any atom is -0.381 e. The van der Waals surface area contributed by atoms with Gasteiger partial charge in [0.05, 0.1) is 22.2 Å². The molecule has 2 heterocycles. The number of nitrogens with zero attached hydrogens (tertiary/aromatic N) is 2. The second-order valence-corrected chi connectivity index (χ2v) is 5.65. The molecule has 0 spiro atoms. The highest BCUT2D eigenvalue weighted by Crippen LogP contribution is 2.10. The van der Waals surface area contributed by atoms with Gasteiger partial charge < -0.3 is 10.1 Å². The van der Waals surface area contributed by atoms with Crippen LogP contribution in [0.4, 0.5) is 0 Å². The van der Waals surface area contributed by atoms with Gasteiger partial charge in [0.2, 0.25) is 0 Å². The first-order valence-corrected chi connectivity index (χ1v) is 7.26. The molecule has 1 fully saturated rings. The van der Waals surface area contributed by atoms with Gasteiger partial charge in [-0.2, -0.15) is 0 Å². The van der Waals surface area contributed by atoms with Gasteiger partial charge >= 0.3 is 0 Å². The molecule has 0 aliphatic carbocycles. The SMILES string of the molecule is Cc1ncn(CCNCC2CCOC2)c(=O)c1I. The number of halogens is 1. The van der Waals surface area contributed by atoms with Gasteiger partial charge in [0.1, 0.15) is 0 Å². The lowest BCUT2D eigenvalue weighted by atomic mass is 10.1. The first-order chi connectivity index (χ1) is 8.68. The van der Waals surface area contributed by atoms with Gasteiger partial charge in [-0.15, -0.1) is 0 Å². The summed E-state index contributed by atoms with van der Waals surface area (Å²) >= 11 is 2.05. The van der Waals surface area contributed by atoms with Gasteiger partial charge in [0.15, 0.2) is 0 Å². The summed E-state index contributed by atoms with van der Waals surface area (Å²) in [5.41, 5.74) is 0.849. The van der Waals surface area contributed by atoms with Crippen molar-refractivity contribution in [2.24, 2.45) is 5.92 Å². The van der Waals surface area contributed by atoms with E-state index in [2.05, 4.69) is 32.9 Å². The maximum Gasteiger partial charge on any atom is 0.267 e. The normalized spacial score (nSPS) is 19.3. The molecule has 2 rings (SSSR count). The van der Waals surface area contributed by atoms with E-state index in [4.69, 9.17) is 4.74 Å². The van der Waals surface area contributed by atoms with Crippen molar-refractivity contribution in [1.29, 1.82) is 0 Å². The third-order valence-corrected chi connectivity index (χ3v) is 4.39. The second-order valence-electron chi connectivity index (χ2n) is 4.58. The Bertz CT molecular complexity index is 455.